The first-order valence-corrected chi connectivity index (χ1v) is 10.1. The molecule has 0 N–H and O–H groups in total. The highest BCUT2D eigenvalue weighted by molar-refractivity contribution is 6.07. The quantitative estimate of drug-likeness (QED) is 0.228. The molecule has 0 aliphatic heterocycles. The minimum Gasteiger partial charge on any atom is -0.299 e. The van der Waals surface area contributed by atoms with E-state index in [9.17, 15) is 14.4 Å². The predicted molar refractivity (Wildman–Crippen MR) is 100 cm³/mol. The summed E-state index contributed by atoms with van der Waals surface area (Å²) in [5.41, 5.74) is 0. The Balaban J connectivity index is 3.58. The number of rotatable bonds is 18. The molecule has 0 aliphatic rings. The van der Waals surface area contributed by atoms with Gasteiger partial charge in [-0.1, -0.05) is 78.1 Å². The van der Waals surface area contributed by atoms with Crippen LogP contribution < -0.4 is 0 Å². The van der Waals surface area contributed by atoms with Crippen LogP contribution in [0.25, 0.3) is 0 Å². The summed E-state index contributed by atoms with van der Waals surface area (Å²) in [5, 5.41) is 0. The number of hydrogen-bond acceptors (Lipinski definition) is 3. The topological polar surface area (TPSA) is 51.2 Å². The number of carbonyl (C=O) groups is 3. The third kappa shape index (κ3) is 15.9. The van der Waals surface area contributed by atoms with Gasteiger partial charge >= 0.3 is 0 Å². The Hall–Kier alpha value is -0.990. The Morgan fingerprint density at radius 1 is 0.458 bits per heavy atom. The molecule has 24 heavy (non-hydrogen) atoms. The SMILES string of the molecule is CCCCCCCCC(=O)CC(=O)CC(=O)CCCCCCCC. The Bertz CT molecular complexity index is 315. The molecule has 0 aromatic carbocycles. The van der Waals surface area contributed by atoms with Crippen LogP contribution in [0.2, 0.25) is 0 Å². The highest BCUT2D eigenvalue weighted by atomic mass is 16.2. The zero-order chi connectivity index (χ0) is 18.0. The second kappa shape index (κ2) is 16.9. The van der Waals surface area contributed by atoms with Gasteiger partial charge in [-0.2, -0.15) is 0 Å². The van der Waals surface area contributed by atoms with Crippen molar-refractivity contribution in [2.45, 2.75) is 117 Å². The summed E-state index contributed by atoms with van der Waals surface area (Å²) in [6.07, 6.45) is 14.5. The van der Waals surface area contributed by atoms with Crippen molar-refractivity contribution in [1.29, 1.82) is 0 Å². The number of carbonyl (C=O) groups excluding carboxylic acids is 3. The Kier molecular flexibility index (Phi) is 16.2. The van der Waals surface area contributed by atoms with Crippen LogP contribution in [0.5, 0.6) is 0 Å². The summed E-state index contributed by atoms with van der Waals surface area (Å²) in [4.78, 5) is 35.3. The molecule has 0 amide bonds. The van der Waals surface area contributed by atoms with Crippen LogP contribution >= 0.6 is 0 Å². The van der Waals surface area contributed by atoms with Crippen molar-refractivity contribution in [2.75, 3.05) is 0 Å². The summed E-state index contributed by atoms with van der Waals surface area (Å²) in [6, 6.07) is 0. The van der Waals surface area contributed by atoms with E-state index in [1.807, 2.05) is 0 Å². The van der Waals surface area contributed by atoms with E-state index in [-0.39, 0.29) is 30.2 Å². The van der Waals surface area contributed by atoms with Gasteiger partial charge in [0, 0.05) is 12.8 Å². The van der Waals surface area contributed by atoms with E-state index in [0.717, 1.165) is 25.7 Å². The highest BCUT2D eigenvalue weighted by Crippen LogP contribution is 2.10. The second-order valence-corrected chi connectivity index (χ2v) is 7.01. The van der Waals surface area contributed by atoms with E-state index in [4.69, 9.17) is 0 Å². The van der Waals surface area contributed by atoms with Gasteiger partial charge < -0.3 is 0 Å². The molecule has 0 radical (unpaired) electrons. The minimum absolute atomic E-state index is 0.00265. The first kappa shape index (κ1) is 23.0. The molecule has 0 fully saturated rings. The van der Waals surface area contributed by atoms with Crippen molar-refractivity contribution in [3.63, 3.8) is 0 Å². The molecule has 3 nitrogen and oxygen atoms in total. The standard InChI is InChI=1S/C21H38O3/c1-3-5-7-9-11-13-15-19(22)17-21(24)18-20(23)16-14-12-10-8-6-4-2/h3-18H2,1-2H3. The average molecular weight is 339 g/mol. The summed E-state index contributed by atoms with van der Waals surface area (Å²) >= 11 is 0. The van der Waals surface area contributed by atoms with Crippen LogP contribution in [0, 0.1) is 0 Å². The molecule has 0 atom stereocenters. The van der Waals surface area contributed by atoms with E-state index in [1.165, 1.54) is 51.4 Å². The number of hydrogen-bond donors (Lipinski definition) is 0. The molecular weight excluding hydrogens is 300 g/mol. The fourth-order valence-corrected chi connectivity index (χ4v) is 2.88. The normalized spacial score (nSPS) is 10.8. The summed E-state index contributed by atoms with van der Waals surface area (Å²) < 4.78 is 0. The third-order valence-electron chi connectivity index (χ3n) is 4.41. The summed E-state index contributed by atoms with van der Waals surface area (Å²) in [5.74, 6) is -0.187. The van der Waals surface area contributed by atoms with E-state index >= 15 is 0 Å². The monoisotopic (exact) mass is 338 g/mol. The number of Topliss-reactive ketones (excluding diaryl/α,β-unsaturated/α-hetero) is 3. The maximum absolute atomic E-state index is 11.8. The zero-order valence-corrected chi connectivity index (χ0v) is 16.0. The van der Waals surface area contributed by atoms with Gasteiger partial charge in [0.1, 0.15) is 17.3 Å². The largest absolute Gasteiger partial charge is 0.299 e. The van der Waals surface area contributed by atoms with Crippen LogP contribution in [0.3, 0.4) is 0 Å². The van der Waals surface area contributed by atoms with Crippen LogP contribution in [-0.2, 0) is 14.4 Å². The first-order chi connectivity index (χ1) is 11.6. The summed E-state index contributed by atoms with van der Waals surface area (Å²) in [7, 11) is 0. The fraction of sp³-hybridized carbons (Fsp3) is 0.857. The van der Waals surface area contributed by atoms with Crippen LogP contribution in [0.4, 0.5) is 0 Å². The van der Waals surface area contributed by atoms with Crippen molar-refractivity contribution in [1.82, 2.24) is 0 Å². The molecular formula is C21H38O3. The van der Waals surface area contributed by atoms with Gasteiger partial charge in [-0.3, -0.25) is 14.4 Å². The van der Waals surface area contributed by atoms with Gasteiger partial charge in [-0.05, 0) is 12.8 Å². The smallest absolute Gasteiger partial charge is 0.147 e. The van der Waals surface area contributed by atoms with Crippen molar-refractivity contribution >= 4 is 17.3 Å². The van der Waals surface area contributed by atoms with Gasteiger partial charge in [-0.15, -0.1) is 0 Å². The predicted octanol–water partition coefficient (Wildman–Crippen LogP) is 5.98. The molecule has 3 heteroatoms. The second-order valence-electron chi connectivity index (χ2n) is 7.01. The molecule has 0 rings (SSSR count). The zero-order valence-electron chi connectivity index (χ0n) is 16.0. The van der Waals surface area contributed by atoms with Crippen LogP contribution in [-0.4, -0.2) is 17.3 Å². The van der Waals surface area contributed by atoms with Crippen LogP contribution in [0.15, 0.2) is 0 Å². The molecule has 0 saturated heterocycles. The lowest BCUT2D eigenvalue weighted by Gasteiger charge is -2.03. The molecule has 0 aliphatic carbocycles. The molecule has 0 saturated carbocycles. The Morgan fingerprint density at radius 3 is 1.17 bits per heavy atom. The van der Waals surface area contributed by atoms with Gasteiger partial charge in [0.25, 0.3) is 0 Å². The lowest BCUT2D eigenvalue weighted by molar-refractivity contribution is -0.130. The third-order valence-corrected chi connectivity index (χ3v) is 4.41. The van der Waals surface area contributed by atoms with E-state index < -0.39 is 0 Å². The van der Waals surface area contributed by atoms with Gasteiger partial charge in [0.2, 0.25) is 0 Å². The maximum Gasteiger partial charge on any atom is 0.147 e. The van der Waals surface area contributed by atoms with E-state index in [2.05, 4.69) is 13.8 Å². The molecule has 0 heterocycles. The maximum atomic E-state index is 11.8. The van der Waals surface area contributed by atoms with Crippen molar-refractivity contribution in [3.8, 4) is 0 Å². The van der Waals surface area contributed by atoms with Crippen molar-refractivity contribution < 1.29 is 14.4 Å². The minimum atomic E-state index is -0.193. The average Bonchev–Trinajstić information content (AvgIpc) is 2.53. The highest BCUT2D eigenvalue weighted by Gasteiger charge is 2.13. The van der Waals surface area contributed by atoms with Crippen molar-refractivity contribution in [2.24, 2.45) is 0 Å². The van der Waals surface area contributed by atoms with Crippen molar-refractivity contribution in [3.05, 3.63) is 0 Å². The van der Waals surface area contributed by atoms with E-state index in [1.54, 1.807) is 0 Å². The van der Waals surface area contributed by atoms with Gasteiger partial charge in [-0.25, -0.2) is 0 Å². The lowest BCUT2D eigenvalue weighted by atomic mass is 10.0. The molecule has 0 bridgehead atoms. The number of ketones is 3. The van der Waals surface area contributed by atoms with E-state index in [0.29, 0.717) is 12.8 Å². The fourth-order valence-electron chi connectivity index (χ4n) is 2.88. The number of unbranched alkanes of at least 4 members (excludes halogenated alkanes) is 10. The summed E-state index contributed by atoms with van der Waals surface area (Å²) in [6.45, 7) is 4.37. The molecule has 140 valence electrons. The Morgan fingerprint density at radius 2 is 0.792 bits per heavy atom. The molecule has 0 aromatic rings. The van der Waals surface area contributed by atoms with Gasteiger partial charge in [0.05, 0.1) is 12.8 Å². The Labute approximate surface area is 149 Å². The molecule has 0 aromatic heterocycles. The van der Waals surface area contributed by atoms with Gasteiger partial charge in [0.15, 0.2) is 0 Å². The molecule has 0 spiro atoms. The van der Waals surface area contributed by atoms with Crippen LogP contribution in [0.1, 0.15) is 117 Å². The first-order valence-electron chi connectivity index (χ1n) is 10.1. The molecule has 0 unspecified atom stereocenters. The lowest BCUT2D eigenvalue weighted by Crippen LogP contribution is -2.12.